The Morgan fingerprint density at radius 1 is 1.19 bits per heavy atom. The van der Waals surface area contributed by atoms with E-state index in [1.807, 2.05) is 13.8 Å². The highest BCUT2D eigenvalue weighted by Crippen LogP contribution is 2.34. The molecule has 5 nitrogen and oxygen atoms in total. The van der Waals surface area contributed by atoms with Gasteiger partial charge in [0.05, 0.1) is 10.5 Å². The molecule has 1 fully saturated rings. The Labute approximate surface area is 129 Å². The van der Waals surface area contributed by atoms with Gasteiger partial charge in [-0.15, -0.1) is 10.2 Å². The fraction of sp³-hybridized carbons (Fsp3) is 0.727. The Bertz CT molecular complexity index is 520. The summed E-state index contributed by atoms with van der Waals surface area (Å²) < 4.78 is 37.6. The first kappa shape index (κ1) is 16.4. The Kier molecular flexibility index (Phi) is 4.41. The molecule has 1 aliphatic rings. The summed E-state index contributed by atoms with van der Waals surface area (Å²) in [6, 6.07) is 0. The first-order valence-corrected chi connectivity index (χ1v) is 7.55. The quantitative estimate of drug-likeness (QED) is 0.847. The minimum atomic E-state index is -4.44. The maximum atomic E-state index is 12.5. The van der Waals surface area contributed by atoms with Crippen LogP contribution in [0.4, 0.5) is 18.3 Å². The van der Waals surface area contributed by atoms with E-state index in [4.69, 9.17) is 18.0 Å². The minimum Gasteiger partial charge on any atom is -0.392 e. The van der Waals surface area contributed by atoms with Crippen LogP contribution in [0.1, 0.15) is 18.9 Å². The van der Waals surface area contributed by atoms with E-state index in [0.29, 0.717) is 47.6 Å². The number of aromatic nitrogens is 2. The number of piperazine rings is 1. The average molecular weight is 339 g/mol. The van der Waals surface area contributed by atoms with Gasteiger partial charge in [-0.05, 0) is 13.8 Å². The lowest BCUT2D eigenvalue weighted by Gasteiger charge is -2.43. The molecule has 1 aliphatic heterocycles. The average Bonchev–Trinajstić information content (AvgIpc) is 2.88. The Morgan fingerprint density at radius 2 is 1.76 bits per heavy atom. The number of hydrogen-bond donors (Lipinski definition) is 1. The largest absolute Gasteiger partial charge is 0.445 e. The van der Waals surface area contributed by atoms with E-state index < -0.39 is 16.7 Å². The molecule has 0 aliphatic carbocycles. The highest BCUT2D eigenvalue weighted by Gasteiger charge is 2.37. The van der Waals surface area contributed by atoms with Gasteiger partial charge < -0.3 is 10.6 Å². The van der Waals surface area contributed by atoms with Gasteiger partial charge in [0.1, 0.15) is 0 Å². The zero-order chi connectivity index (χ0) is 15.8. The van der Waals surface area contributed by atoms with Crippen molar-refractivity contribution in [1.29, 1.82) is 0 Å². The van der Waals surface area contributed by atoms with Crippen LogP contribution in [0.2, 0.25) is 0 Å². The lowest BCUT2D eigenvalue weighted by Crippen LogP contribution is -2.59. The van der Waals surface area contributed by atoms with Gasteiger partial charge in [0.2, 0.25) is 10.1 Å². The molecular formula is C11H16F3N5S2. The third kappa shape index (κ3) is 3.43. The number of nitrogens with two attached hydrogens (primary N) is 1. The Balaban J connectivity index is 2.01. The summed E-state index contributed by atoms with van der Waals surface area (Å²) in [6.45, 7) is 6.34. The van der Waals surface area contributed by atoms with Crippen molar-refractivity contribution in [2.45, 2.75) is 25.6 Å². The summed E-state index contributed by atoms with van der Waals surface area (Å²) in [5.74, 6) is 0. The van der Waals surface area contributed by atoms with Crippen LogP contribution in [-0.2, 0) is 6.18 Å². The molecule has 0 aromatic carbocycles. The lowest BCUT2D eigenvalue weighted by molar-refractivity contribution is -0.138. The minimum absolute atomic E-state index is 0.301. The summed E-state index contributed by atoms with van der Waals surface area (Å²) >= 11 is 5.63. The summed E-state index contributed by atoms with van der Waals surface area (Å²) in [6.07, 6.45) is -4.44. The van der Waals surface area contributed by atoms with Crippen LogP contribution < -0.4 is 10.6 Å². The van der Waals surface area contributed by atoms with Gasteiger partial charge in [-0.3, -0.25) is 4.90 Å². The molecule has 0 spiro atoms. The number of thiocarbonyl (C=S) groups is 1. The second-order valence-electron chi connectivity index (χ2n) is 5.28. The number of rotatable bonds is 3. The first-order valence-electron chi connectivity index (χ1n) is 6.33. The van der Waals surface area contributed by atoms with Gasteiger partial charge >= 0.3 is 6.18 Å². The Hall–Kier alpha value is -1.00. The van der Waals surface area contributed by atoms with Gasteiger partial charge in [0, 0.05) is 26.2 Å². The number of nitrogens with zero attached hydrogens (tertiary/aromatic N) is 4. The molecule has 1 saturated heterocycles. The molecule has 0 saturated carbocycles. The Morgan fingerprint density at radius 3 is 2.19 bits per heavy atom. The van der Waals surface area contributed by atoms with E-state index in [1.165, 1.54) is 0 Å². The highest BCUT2D eigenvalue weighted by molar-refractivity contribution is 7.80. The summed E-state index contributed by atoms with van der Waals surface area (Å²) in [7, 11) is 0. The fourth-order valence-electron chi connectivity index (χ4n) is 2.07. The van der Waals surface area contributed by atoms with E-state index in [2.05, 4.69) is 15.1 Å². The van der Waals surface area contributed by atoms with Gasteiger partial charge in [-0.25, -0.2) is 0 Å². The standard InChI is InChI=1S/C11H16F3N5S2/c1-10(2,7(15)20)19-5-3-18(4-6-19)9-17-16-8(21-9)11(12,13)14/h3-6H2,1-2H3,(H2,15,20). The first-order chi connectivity index (χ1) is 9.62. The molecule has 1 aromatic heterocycles. The predicted octanol–water partition coefficient (Wildman–Crippen LogP) is 1.74. The van der Waals surface area contributed by atoms with Gasteiger partial charge in [0.15, 0.2) is 0 Å². The SMILES string of the molecule is CC(C)(C(N)=S)N1CCN(c2nnc(C(F)(F)F)s2)CC1. The van der Waals surface area contributed by atoms with Crippen LogP contribution >= 0.6 is 23.6 Å². The molecule has 0 amide bonds. The van der Waals surface area contributed by atoms with Gasteiger partial charge in [-0.2, -0.15) is 13.2 Å². The third-order valence-electron chi connectivity index (χ3n) is 3.60. The van der Waals surface area contributed by atoms with E-state index in [0.717, 1.165) is 0 Å². The van der Waals surface area contributed by atoms with Crippen molar-refractivity contribution in [3.05, 3.63) is 5.01 Å². The summed E-state index contributed by atoms with van der Waals surface area (Å²) in [5.41, 5.74) is 5.33. The highest BCUT2D eigenvalue weighted by atomic mass is 32.1. The molecule has 118 valence electrons. The second kappa shape index (κ2) is 5.65. The van der Waals surface area contributed by atoms with Crippen molar-refractivity contribution in [2.75, 3.05) is 31.1 Å². The van der Waals surface area contributed by atoms with Crippen LogP contribution in [0.5, 0.6) is 0 Å². The predicted molar refractivity (Wildman–Crippen MR) is 79.6 cm³/mol. The van der Waals surface area contributed by atoms with Crippen molar-refractivity contribution < 1.29 is 13.2 Å². The summed E-state index contributed by atoms with van der Waals surface area (Å²) in [4.78, 5) is 4.34. The number of anilines is 1. The maximum Gasteiger partial charge on any atom is 0.445 e. The summed E-state index contributed by atoms with van der Waals surface area (Å²) in [5, 5.41) is 6.23. The van der Waals surface area contributed by atoms with E-state index in [-0.39, 0.29) is 0 Å². The molecule has 1 aromatic rings. The number of hydrogen-bond acceptors (Lipinski definition) is 6. The molecule has 0 atom stereocenters. The molecule has 0 unspecified atom stereocenters. The zero-order valence-electron chi connectivity index (χ0n) is 11.6. The molecule has 0 radical (unpaired) electrons. The molecule has 2 rings (SSSR count). The third-order valence-corrected chi connectivity index (χ3v) is 5.13. The van der Waals surface area contributed by atoms with Crippen LogP contribution in [0, 0.1) is 0 Å². The number of halogens is 3. The maximum absolute atomic E-state index is 12.5. The van der Waals surface area contributed by atoms with Crippen molar-refractivity contribution >= 4 is 33.7 Å². The van der Waals surface area contributed by atoms with Crippen LogP contribution in [0.25, 0.3) is 0 Å². The molecular weight excluding hydrogens is 323 g/mol. The smallest absolute Gasteiger partial charge is 0.392 e. The van der Waals surface area contributed by atoms with Crippen LogP contribution in [0.15, 0.2) is 0 Å². The van der Waals surface area contributed by atoms with E-state index in [1.54, 1.807) is 4.90 Å². The normalized spacial score (nSPS) is 18.0. The fourth-order valence-corrected chi connectivity index (χ4v) is 2.96. The molecule has 21 heavy (non-hydrogen) atoms. The van der Waals surface area contributed by atoms with Crippen molar-refractivity contribution in [3.63, 3.8) is 0 Å². The van der Waals surface area contributed by atoms with Gasteiger partial charge in [-0.1, -0.05) is 23.6 Å². The van der Waals surface area contributed by atoms with E-state index in [9.17, 15) is 13.2 Å². The van der Waals surface area contributed by atoms with E-state index >= 15 is 0 Å². The van der Waals surface area contributed by atoms with Crippen LogP contribution in [-0.4, -0.2) is 51.8 Å². The van der Waals surface area contributed by atoms with Crippen LogP contribution in [0.3, 0.4) is 0 Å². The lowest BCUT2D eigenvalue weighted by atomic mass is 10.0. The molecule has 10 heteroatoms. The molecule has 2 heterocycles. The topological polar surface area (TPSA) is 58.3 Å². The molecule has 0 bridgehead atoms. The monoisotopic (exact) mass is 339 g/mol. The van der Waals surface area contributed by atoms with Crippen molar-refractivity contribution in [3.8, 4) is 0 Å². The second-order valence-corrected chi connectivity index (χ2v) is 6.68. The molecule has 2 N–H and O–H groups in total. The number of alkyl halides is 3. The van der Waals surface area contributed by atoms with Crippen molar-refractivity contribution in [1.82, 2.24) is 15.1 Å². The van der Waals surface area contributed by atoms with Crippen molar-refractivity contribution in [2.24, 2.45) is 5.73 Å². The van der Waals surface area contributed by atoms with Gasteiger partial charge in [0.25, 0.3) is 0 Å². The zero-order valence-corrected chi connectivity index (χ0v) is 13.3.